The molecule has 4 aliphatic heterocycles. The topological polar surface area (TPSA) is 19.0 Å². The van der Waals surface area contributed by atoms with E-state index >= 15 is 0 Å². The van der Waals surface area contributed by atoms with Crippen molar-refractivity contribution in [1.29, 1.82) is 0 Å². The first-order chi connectivity index (χ1) is 57.6. The van der Waals surface area contributed by atoms with Crippen LogP contribution in [0, 0.1) is 0 Å². The molecule has 0 radical (unpaired) electrons. The summed E-state index contributed by atoms with van der Waals surface area (Å²) in [5.74, 6) is 1.66. The van der Waals surface area contributed by atoms with E-state index in [0.29, 0.717) is 0 Å². The summed E-state index contributed by atoms with van der Waals surface area (Å²) >= 11 is 0. The van der Waals surface area contributed by atoms with Crippen molar-refractivity contribution in [3.63, 3.8) is 0 Å². The number of benzene rings is 16. The first kappa shape index (κ1) is 72.3. The number of fused-ring (bicyclic) bond motifs is 18. The zero-order chi connectivity index (χ0) is 80.9. The Hall–Kier alpha value is -13.2. The molecule has 0 atom stereocenters. The first-order valence-electron chi connectivity index (χ1n) is 42.5. The van der Waals surface area contributed by atoms with Crippen LogP contribution in [0.3, 0.4) is 0 Å². The van der Waals surface area contributed by atoms with Crippen LogP contribution in [0.4, 0.5) is 51.2 Å². The third-order valence-corrected chi connectivity index (χ3v) is 26.7. The molecule has 0 N–H and O–H groups in total. The van der Waals surface area contributed by atoms with Crippen LogP contribution < -0.4 is 52.2 Å². The van der Waals surface area contributed by atoms with E-state index in [4.69, 9.17) is 4.74 Å². The first-order valence-corrected chi connectivity index (χ1v) is 42.5. The lowest BCUT2D eigenvalue weighted by atomic mass is 9.30. The molecule has 0 bridgehead atoms. The SMILES string of the molecule is CC(C)(C)c1cccc(N2c3ccccc3B3c4cc5c(cc4N(c4c(-c6ccccc6)cc(C(C)(C)C)cc4-c4ccccc4)c4cc(C(C)(C)C)cc2c43)Oc2cc(-c3cccc4c3C3(c6ccccc6-c6ccccc63)c3ccccc3-4)cc3c2B5c2ccccc2N3c2c(-c3ccccc3)cc(C(C)(C)C)cc2-c2ccccc2)c1. The minimum Gasteiger partial charge on any atom is -0.458 e. The molecular formula is C113H93B2N3O. The van der Waals surface area contributed by atoms with Crippen LogP contribution >= 0.6 is 0 Å². The van der Waals surface area contributed by atoms with Gasteiger partial charge in [-0.05, 0) is 227 Å². The standard InChI is InChI=1S/C113H93B2N3O/c1-109(2,3)75-45-35-46-79(61-75)116-96-57-33-31-55-92(96)114-94-68-95-102(69-98(94)118(101-67-78(112(10,11)12)66-100(116)105(101)114)108-87(72-41-21-15-22-42-72)64-77(111(7,8)9)65-88(108)73-43-23-16-24-44-73)119-103-60-74(80-50-36-51-84-83-49-27-30-54-91(83)113(104(80)84)89-52-28-25-47-81(89)82-48-26-29-53-90(82)113)59-99-106(103)115(95)93-56-32-34-58-97(93)117(99)107-85(70-37-17-13-18-38-70)62-76(110(4,5)6)63-86(107)71-39-19-14-20-40-71/h13-69H,1-12H3. The van der Waals surface area contributed by atoms with Gasteiger partial charge in [0.2, 0.25) is 0 Å². The van der Waals surface area contributed by atoms with Crippen LogP contribution in [0.5, 0.6) is 11.5 Å². The summed E-state index contributed by atoms with van der Waals surface area (Å²) in [6, 6.07) is 133. The van der Waals surface area contributed by atoms with Crippen LogP contribution in [0.2, 0.25) is 0 Å². The van der Waals surface area contributed by atoms with E-state index < -0.39 is 5.41 Å². The lowest BCUT2D eigenvalue weighted by Crippen LogP contribution is -2.64. The second kappa shape index (κ2) is 26.4. The smallest absolute Gasteiger partial charge is 0.256 e. The highest BCUT2D eigenvalue weighted by atomic mass is 16.5. The molecule has 0 amide bonds. The molecule has 16 aromatic rings. The van der Waals surface area contributed by atoms with Gasteiger partial charge in [-0.15, -0.1) is 0 Å². The number of para-hydroxylation sites is 2. The van der Waals surface area contributed by atoms with E-state index in [1.165, 1.54) is 100.0 Å². The van der Waals surface area contributed by atoms with Gasteiger partial charge in [0.1, 0.15) is 11.5 Å². The Morgan fingerprint density at radius 2 is 0.613 bits per heavy atom. The Labute approximate surface area is 701 Å². The molecule has 22 rings (SSSR count). The molecule has 6 aliphatic rings. The molecular weight excluding hydrogens is 1440 g/mol. The van der Waals surface area contributed by atoms with E-state index in [-0.39, 0.29) is 35.1 Å². The minimum absolute atomic E-state index is 0.106. The van der Waals surface area contributed by atoms with Crippen molar-refractivity contribution in [2.24, 2.45) is 0 Å². The number of hydrogen-bond acceptors (Lipinski definition) is 4. The zero-order valence-electron chi connectivity index (χ0n) is 69.8. The Morgan fingerprint density at radius 3 is 1.10 bits per heavy atom. The van der Waals surface area contributed by atoms with Gasteiger partial charge in [0.25, 0.3) is 13.4 Å². The van der Waals surface area contributed by atoms with Gasteiger partial charge in [0.15, 0.2) is 0 Å². The molecule has 0 unspecified atom stereocenters. The average Bonchev–Trinajstić information content (AvgIpc) is 1.65. The van der Waals surface area contributed by atoms with Gasteiger partial charge in [0.05, 0.1) is 16.8 Å². The van der Waals surface area contributed by atoms with Crippen LogP contribution in [0.1, 0.15) is 128 Å². The van der Waals surface area contributed by atoms with Crippen molar-refractivity contribution in [1.82, 2.24) is 0 Å². The van der Waals surface area contributed by atoms with Crippen molar-refractivity contribution in [2.45, 2.75) is 110 Å². The highest BCUT2D eigenvalue weighted by Crippen LogP contribution is 2.66. The summed E-state index contributed by atoms with van der Waals surface area (Å²) < 4.78 is 8.43. The normalized spacial score (nSPS) is 14.1. The van der Waals surface area contributed by atoms with Gasteiger partial charge in [-0.1, -0.05) is 350 Å². The molecule has 1 spiro atoms. The molecule has 6 heteroatoms. The molecule has 0 aromatic heterocycles. The average molecular weight is 1530 g/mol. The fourth-order valence-electron chi connectivity index (χ4n) is 21.0. The zero-order valence-corrected chi connectivity index (χ0v) is 69.8. The van der Waals surface area contributed by atoms with Crippen molar-refractivity contribution in [2.75, 3.05) is 14.7 Å². The molecule has 0 saturated heterocycles. The molecule has 2 aliphatic carbocycles. The molecule has 0 saturated carbocycles. The summed E-state index contributed by atoms with van der Waals surface area (Å²) in [5.41, 5.74) is 42.7. The predicted octanol–water partition coefficient (Wildman–Crippen LogP) is 26.0. The van der Waals surface area contributed by atoms with Gasteiger partial charge < -0.3 is 19.4 Å². The maximum Gasteiger partial charge on any atom is 0.256 e. The number of hydrogen-bond donors (Lipinski definition) is 0. The Kier molecular flexibility index (Phi) is 16.1. The minimum atomic E-state index is -0.645. The fourth-order valence-corrected chi connectivity index (χ4v) is 21.0. The van der Waals surface area contributed by atoms with Crippen LogP contribution in [-0.4, -0.2) is 13.4 Å². The van der Waals surface area contributed by atoms with Crippen molar-refractivity contribution >= 4 is 97.4 Å². The quantitative estimate of drug-likeness (QED) is 0.141. The maximum absolute atomic E-state index is 8.43. The van der Waals surface area contributed by atoms with E-state index in [1.807, 2.05) is 0 Å². The molecule has 0 fully saturated rings. The monoisotopic (exact) mass is 1530 g/mol. The number of rotatable bonds is 8. The summed E-state index contributed by atoms with van der Waals surface area (Å²) in [6.07, 6.45) is 0. The summed E-state index contributed by atoms with van der Waals surface area (Å²) in [4.78, 5) is 7.99. The summed E-state index contributed by atoms with van der Waals surface area (Å²) in [5, 5.41) is 0. The van der Waals surface area contributed by atoms with Crippen molar-refractivity contribution in [3.05, 3.63) is 390 Å². The Morgan fingerprint density at radius 1 is 0.235 bits per heavy atom. The van der Waals surface area contributed by atoms with Crippen LogP contribution in [0.25, 0.3) is 77.9 Å². The van der Waals surface area contributed by atoms with Gasteiger partial charge in [0, 0.05) is 68.1 Å². The highest BCUT2D eigenvalue weighted by molar-refractivity contribution is 7.02. The molecule has 119 heavy (non-hydrogen) atoms. The van der Waals surface area contributed by atoms with Gasteiger partial charge in [-0.3, -0.25) is 0 Å². The lowest BCUT2D eigenvalue weighted by molar-refractivity contribution is 0.488. The molecule has 572 valence electrons. The highest BCUT2D eigenvalue weighted by Gasteiger charge is 2.54. The van der Waals surface area contributed by atoms with Crippen molar-refractivity contribution in [3.8, 4) is 89.4 Å². The largest absolute Gasteiger partial charge is 0.458 e. The predicted molar refractivity (Wildman–Crippen MR) is 505 cm³/mol. The van der Waals surface area contributed by atoms with E-state index in [2.05, 4.69) is 444 Å². The third kappa shape index (κ3) is 11.0. The number of ether oxygens (including phenoxy) is 1. The van der Waals surface area contributed by atoms with Crippen LogP contribution in [0.15, 0.2) is 346 Å². The van der Waals surface area contributed by atoms with Gasteiger partial charge >= 0.3 is 0 Å². The van der Waals surface area contributed by atoms with Gasteiger partial charge in [-0.25, -0.2) is 0 Å². The second-order valence-electron chi connectivity index (χ2n) is 37.8. The van der Waals surface area contributed by atoms with E-state index in [9.17, 15) is 0 Å². The Bertz CT molecular complexity index is 6710. The number of anilines is 9. The second-order valence-corrected chi connectivity index (χ2v) is 37.8. The summed E-state index contributed by atoms with van der Waals surface area (Å²) in [6.45, 7) is 27.8. The van der Waals surface area contributed by atoms with E-state index in [0.717, 1.165) is 118 Å². The third-order valence-electron chi connectivity index (χ3n) is 26.7. The number of nitrogens with zero attached hydrogens (tertiary/aromatic N) is 3. The van der Waals surface area contributed by atoms with Crippen LogP contribution in [-0.2, 0) is 27.1 Å². The fraction of sp³-hybridized carbons (Fsp3) is 0.150. The molecule has 4 nitrogen and oxygen atoms in total. The molecule has 4 heterocycles. The lowest BCUT2D eigenvalue weighted by Gasteiger charge is -2.47. The van der Waals surface area contributed by atoms with Crippen molar-refractivity contribution < 1.29 is 4.74 Å². The van der Waals surface area contributed by atoms with E-state index in [1.54, 1.807) is 0 Å². The van der Waals surface area contributed by atoms with Gasteiger partial charge in [-0.2, -0.15) is 0 Å². The molecule has 16 aromatic carbocycles. The summed E-state index contributed by atoms with van der Waals surface area (Å²) in [7, 11) is 0. The maximum atomic E-state index is 8.43. The Balaban J connectivity index is 0.881.